The molecule has 0 heterocycles. The number of carbonyl (C=O) groups is 2. The fourth-order valence-electron chi connectivity index (χ4n) is 6.03. The number of nitrogens with one attached hydrogen (secondary N) is 1. The zero-order valence-corrected chi connectivity index (χ0v) is 16.0. The van der Waals surface area contributed by atoms with E-state index in [1.165, 1.54) is 19.3 Å². The lowest BCUT2D eigenvalue weighted by molar-refractivity contribution is -0.163. The Bertz CT molecular complexity index is 507. The quantitative estimate of drug-likeness (QED) is 0.752. The number of carbonyl (C=O) groups excluding carboxylic acids is 1. The molecule has 0 aromatic carbocycles. The third kappa shape index (κ3) is 3.39. The summed E-state index contributed by atoms with van der Waals surface area (Å²) in [5.74, 6) is 1.21. The number of rotatable bonds is 6. The second kappa shape index (κ2) is 6.48. The summed E-state index contributed by atoms with van der Waals surface area (Å²) in [6, 6.07) is -0.898. The van der Waals surface area contributed by atoms with Crippen molar-refractivity contribution >= 4 is 12.1 Å². The molecule has 25 heavy (non-hydrogen) atoms. The van der Waals surface area contributed by atoms with Crippen LogP contribution in [0.25, 0.3) is 0 Å². The predicted octanol–water partition coefficient (Wildman–Crippen LogP) is 4.21. The van der Waals surface area contributed by atoms with Crippen LogP contribution < -0.4 is 5.32 Å². The van der Waals surface area contributed by atoms with Crippen molar-refractivity contribution in [3.8, 4) is 0 Å². The molecular weight excluding hydrogens is 318 g/mol. The molecule has 0 aliphatic heterocycles. The van der Waals surface area contributed by atoms with Crippen molar-refractivity contribution in [3.63, 3.8) is 0 Å². The Morgan fingerprint density at radius 1 is 1.16 bits per heavy atom. The molecular formula is C20H33NO4. The lowest BCUT2D eigenvalue weighted by Gasteiger charge is -2.61. The van der Waals surface area contributed by atoms with E-state index in [4.69, 9.17) is 4.74 Å². The predicted molar refractivity (Wildman–Crippen MR) is 95.2 cm³/mol. The average Bonchev–Trinajstić information content (AvgIpc) is 2.49. The van der Waals surface area contributed by atoms with Crippen molar-refractivity contribution in [2.45, 2.75) is 84.3 Å². The van der Waals surface area contributed by atoms with Gasteiger partial charge in [0.15, 0.2) is 0 Å². The first-order valence-corrected chi connectivity index (χ1v) is 9.88. The van der Waals surface area contributed by atoms with Crippen molar-refractivity contribution in [3.05, 3.63) is 0 Å². The largest absolute Gasteiger partial charge is 0.480 e. The second-order valence-electron chi connectivity index (χ2n) is 9.44. The molecule has 1 amide bonds. The Balaban J connectivity index is 1.68. The summed E-state index contributed by atoms with van der Waals surface area (Å²) in [7, 11) is 0. The van der Waals surface area contributed by atoms with E-state index in [1.807, 2.05) is 27.7 Å². The molecule has 5 heteroatoms. The Kier molecular flexibility index (Phi) is 4.80. The van der Waals surface area contributed by atoms with Crippen molar-refractivity contribution in [1.29, 1.82) is 0 Å². The molecule has 0 radical (unpaired) electrons. The first-order chi connectivity index (χ1) is 11.7. The van der Waals surface area contributed by atoms with Crippen LogP contribution in [0.5, 0.6) is 0 Å². The maximum absolute atomic E-state index is 12.5. The minimum atomic E-state index is -1.00. The van der Waals surface area contributed by atoms with Gasteiger partial charge < -0.3 is 15.2 Å². The first-order valence-electron chi connectivity index (χ1n) is 9.88. The summed E-state index contributed by atoms with van der Waals surface area (Å²) in [6.45, 7) is 7.81. The number of carboxylic acid groups (broad SMARTS) is 1. The SMILES string of the molecule is CCC(C)C(NC(=O)OC(C)(C)C12CC3CC(CC(C3)C1)C2)C(=O)O. The third-order valence-corrected chi connectivity index (χ3v) is 7.42. The van der Waals surface area contributed by atoms with Gasteiger partial charge in [0.05, 0.1) is 0 Å². The number of hydrogen-bond acceptors (Lipinski definition) is 3. The highest BCUT2D eigenvalue weighted by Gasteiger charge is 2.58. The number of ether oxygens (including phenoxy) is 1. The smallest absolute Gasteiger partial charge is 0.408 e. The van der Waals surface area contributed by atoms with Gasteiger partial charge in [-0.3, -0.25) is 0 Å². The Morgan fingerprint density at radius 3 is 2.04 bits per heavy atom. The monoisotopic (exact) mass is 351 g/mol. The molecule has 4 bridgehead atoms. The van der Waals surface area contributed by atoms with Crippen molar-refractivity contribution in [1.82, 2.24) is 5.32 Å². The van der Waals surface area contributed by atoms with Crippen molar-refractivity contribution in [2.75, 3.05) is 0 Å². The van der Waals surface area contributed by atoms with Crippen LogP contribution in [0.1, 0.15) is 72.6 Å². The molecule has 4 saturated carbocycles. The van der Waals surface area contributed by atoms with E-state index in [0.717, 1.165) is 37.0 Å². The summed E-state index contributed by atoms with van der Waals surface area (Å²) in [5, 5.41) is 12.0. The summed E-state index contributed by atoms with van der Waals surface area (Å²) >= 11 is 0. The molecule has 4 aliphatic rings. The molecule has 0 saturated heterocycles. The van der Waals surface area contributed by atoms with Gasteiger partial charge in [-0.05, 0) is 76.0 Å². The first kappa shape index (κ1) is 18.5. The van der Waals surface area contributed by atoms with E-state index in [0.29, 0.717) is 6.42 Å². The van der Waals surface area contributed by atoms with Gasteiger partial charge >= 0.3 is 12.1 Å². The second-order valence-corrected chi connectivity index (χ2v) is 9.44. The molecule has 142 valence electrons. The maximum Gasteiger partial charge on any atom is 0.408 e. The van der Waals surface area contributed by atoms with Crippen LogP contribution in [0, 0.1) is 29.1 Å². The summed E-state index contributed by atoms with van der Waals surface area (Å²) in [6.07, 6.45) is 7.57. The lowest BCUT2D eigenvalue weighted by atomic mass is 9.46. The van der Waals surface area contributed by atoms with Crippen molar-refractivity contribution in [2.24, 2.45) is 29.1 Å². The van der Waals surface area contributed by atoms with Gasteiger partial charge in [-0.15, -0.1) is 0 Å². The van der Waals surface area contributed by atoms with E-state index in [9.17, 15) is 14.7 Å². The van der Waals surface area contributed by atoms with E-state index >= 15 is 0 Å². The summed E-state index contributed by atoms with van der Waals surface area (Å²) in [5.41, 5.74) is -0.500. The molecule has 4 fully saturated rings. The van der Waals surface area contributed by atoms with E-state index in [2.05, 4.69) is 5.32 Å². The van der Waals surface area contributed by atoms with Gasteiger partial charge in [-0.1, -0.05) is 20.3 Å². The molecule has 4 aliphatic carbocycles. The molecule has 0 spiro atoms. The molecule has 0 aromatic rings. The Hall–Kier alpha value is -1.26. The van der Waals surface area contributed by atoms with E-state index in [1.54, 1.807) is 0 Å². The van der Waals surface area contributed by atoms with Crippen LogP contribution in [-0.4, -0.2) is 28.8 Å². The zero-order valence-electron chi connectivity index (χ0n) is 16.0. The van der Waals surface area contributed by atoms with Crippen molar-refractivity contribution < 1.29 is 19.4 Å². The molecule has 2 atom stereocenters. The van der Waals surface area contributed by atoms with Crippen LogP contribution in [0.2, 0.25) is 0 Å². The maximum atomic E-state index is 12.5. The molecule has 2 unspecified atom stereocenters. The highest BCUT2D eigenvalue weighted by molar-refractivity contribution is 5.80. The van der Waals surface area contributed by atoms with Gasteiger partial charge in [-0.25, -0.2) is 9.59 Å². The van der Waals surface area contributed by atoms with Crippen LogP contribution in [0.15, 0.2) is 0 Å². The van der Waals surface area contributed by atoms with E-state index < -0.39 is 23.7 Å². The highest BCUT2D eigenvalue weighted by atomic mass is 16.6. The van der Waals surface area contributed by atoms with Gasteiger partial charge in [0, 0.05) is 5.41 Å². The molecule has 4 rings (SSSR count). The van der Waals surface area contributed by atoms with Crippen LogP contribution >= 0.6 is 0 Å². The number of amides is 1. The van der Waals surface area contributed by atoms with Crippen LogP contribution in [-0.2, 0) is 9.53 Å². The van der Waals surface area contributed by atoms with E-state index in [-0.39, 0.29) is 11.3 Å². The number of carboxylic acids is 1. The van der Waals surface area contributed by atoms with Gasteiger partial charge in [0.2, 0.25) is 0 Å². The average molecular weight is 351 g/mol. The number of alkyl carbamates (subject to hydrolysis) is 1. The van der Waals surface area contributed by atoms with Crippen LogP contribution in [0.4, 0.5) is 4.79 Å². The van der Waals surface area contributed by atoms with Crippen LogP contribution in [0.3, 0.4) is 0 Å². The third-order valence-electron chi connectivity index (χ3n) is 7.42. The minimum Gasteiger partial charge on any atom is -0.480 e. The number of hydrogen-bond donors (Lipinski definition) is 2. The van der Waals surface area contributed by atoms with Gasteiger partial charge in [-0.2, -0.15) is 0 Å². The topological polar surface area (TPSA) is 75.6 Å². The molecule has 5 nitrogen and oxygen atoms in total. The minimum absolute atomic E-state index is 0.0637. The fraction of sp³-hybridized carbons (Fsp3) is 0.900. The normalized spacial score (nSPS) is 35.9. The Morgan fingerprint density at radius 2 is 1.64 bits per heavy atom. The Labute approximate surface area is 150 Å². The summed E-state index contributed by atoms with van der Waals surface area (Å²) in [4.78, 5) is 23.9. The summed E-state index contributed by atoms with van der Waals surface area (Å²) < 4.78 is 5.88. The molecule has 2 N–H and O–H groups in total. The van der Waals surface area contributed by atoms with Gasteiger partial charge in [0.25, 0.3) is 0 Å². The lowest BCUT2D eigenvalue weighted by Crippen LogP contribution is -2.58. The standard InChI is InChI=1S/C20H33NO4/c1-5-12(2)16(17(22)23)21-18(24)25-19(3,4)20-9-13-6-14(10-20)8-15(7-13)11-20/h12-16H,5-11H2,1-4H3,(H,21,24)(H,22,23). The fourth-order valence-corrected chi connectivity index (χ4v) is 6.03. The molecule has 0 aromatic heterocycles. The zero-order chi connectivity index (χ0) is 18.4. The highest BCUT2D eigenvalue weighted by Crippen LogP contribution is 2.64. The van der Waals surface area contributed by atoms with Gasteiger partial charge in [0.1, 0.15) is 11.6 Å². The number of aliphatic carboxylic acids is 1.